The molecule has 138 valence electrons. The van der Waals surface area contributed by atoms with Crippen LogP contribution < -0.4 is 5.73 Å². The van der Waals surface area contributed by atoms with Crippen molar-refractivity contribution in [3.05, 3.63) is 41.2 Å². The topological polar surface area (TPSA) is 64.3 Å². The second-order valence-electron chi connectivity index (χ2n) is 7.21. The van der Waals surface area contributed by atoms with E-state index in [1.807, 2.05) is 30.5 Å². The van der Waals surface area contributed by atoms with Crippen LogP contribution in [0.3, 0.4) is 0 Å². The average Bonchev–Trinajstić information content (AvgIpc) is 2.69. The van der Waals surface area contributed by atoms with Gasteiger partial charge >= 0.3 is 0 Å². The highest BCUT2D eigenvalue weighted by Gasteiger charge is 2.30. The molecule has 6 heteroatoms. The van der Waals surface area contributed by atoms with Crippen LogP contribution in [0, 0.1) is 0 Å². The van der Waals surface area contributed by atoms with Crippen molar-refractivity contribution in [2.75, 3.05) is 32.0 Å². The Hall–Kier alpha value is -1.69. The summed E-state index contributed by atoms with van der Waals surface area (Å²) in [5.41, 5.74) is 9.16. The summed E-state index contributed by atoms with van der Waals surface area (Å²) in [5.74, 6) is 0.725. The summed E-state index contributed by atoms with van der Waals surface area (Å²) >= 11 is 6.05. The van der Waals surface area contributed by atoms with Crippen LogP contribution in [0.5, 0.6) is 0 Å². The first kappa shape index (κ1) is 17.7. The molecule has 2 saturated heterocycles. The smallest absolute Gasteiger partial charge is 0.220 e. The average molecular weight is 373 g/mol. The van der Waals surface area contributed by atoms with Crippen molar-refractivity contribution in [1.29, 1.82) is 0 Å². The van der Waals surface area contributed by atoms with Gasteiger partial charge in [0.2, 0.25) is 5.95 Å². The molecule has 0 spiro atoms. The van der Waals surface area contributed by atoms with Crippen molar-refractivity contribution >= 4 is 17.5 Å². The van der Waals surface area contributed by atoms with Gasteiger partial charge in [0, 0.05) is 48.5 Å². The van der Waals surface area contributed by atoms with Crippen molar-refractivity contribution < 1.29 is 4.74 Å². The van der Waals surface area contributed by atoms with Crippen LogP contribution in [0.25, 0.3) is 11.1 Å². The summed E-state index contributed by atoms with van der Waals surface area (Å²) in [7, 11) is 0. The summed E-state index contributed by atoms with van der Waals surface area (Å²) in [6.07, 6.45) is 6.43. The number of benzene rings is 1. The third kappa shape index (κ3) is 3.85. The summed E-state index contributed by atoms with van der Waals surface area (Å²) < 4.78 is 5.53. The molecule has 0 amide bonds. The lowest BCUT2D eigenvalue weighted by atomic mass is 9.88. The van der Waals surface area contributed by atoms with E-state index in [2.05, 4.69) is 14.9 Å². The molecule has 2 N–H and O–H groups in total. The van der Waals surface area contributed by atoms with E-state index in [1.165, 1.54) is 6.42 Å². The van der Waals surface area contributed by atoms with E-state index in [0.717, 1.165) is 67.4 Å². The zero-order valence-electron chi connectivity index (χ0n) is 14.9. The van der Waals surface area contributed by atoms with E-state index in [9.17, 15) is 0 Å². The lowest BCUT2D eigenvalue weighted by Crippen LogP contribution is -2.44. The van der Waals surface area contributed by atoms with E-state index in [-0.39, 0.29) is 0 Å². The van der Waals surface area contributed by atoms with Crippen LogP contribution in [0.1, 0.15) is 37.3 Å². The number of ether oxygens (including phenoxy) is 1. The number of aromatic nitrogens is 2. The van der Waals surface area contributed by atoms with Crippen molar-refractivity contribution in [1.82, 2.24) is 14.9 Å². The van der Waals surface area contributed by atoms with Gasteiger partial charge in [-0.3, -0.25) is 4.90 Å². The highest BCUT2D eigenvalue weighted by atomic mass is 35.5. The van der Waals surface area contributed by atoms with Gasteiger partial charge in [0.15, 0.2) is 0 Å². The molecule has 0 radical (unpaired) electrons. The molecule has 3 heterocycles. The Morgan fingerprint density at radius 3 is 2.65 bits per heavy atom. The number of anilines is 1. The Morgan fingerprint density at radius 1 is 1.12 bits per heavy atom. The van der Waals surface area contributed by atoms with Gasteiger partial charge in [-0.15, -0.1) is 0 Å². The van der Waals surface area contributed by atoms with Gasteiger partial charge in [0.1, 0.15) is 0 Å². The van der Waals surface area contributed by atoms with E-state index in [1.54, 1.807) is 0 Å². The molecule has 0 aliphatic carbocycles. The molecule has 0 bridgehead atoms. The predicted octanol–water partition coefficient (Wildman–Crippen LogP) is 3.74. The molecule has 1 aromatic heterocycles. The zero-order valence-corrected chi connectivity index (χ0v) is 15.7. The van der Waals surface area contributed by atoms with E-state index >= 15 is 0 Å². The van der Waals surface area contributed by atoms with Crippen LogP contribution in [0.2, 0.25) is 5.02 Å². The Kier molecular flexibility index (Phi) is 5.38. The number of nitrogens with two attached hydrogens (primary N) is 1. The Labute approximate surface area is 159 Å². The molecule has 1 unspecified atom stereocenters. The molecular weight excluding hydrogens is 348 g/mol. The quantitative estimate of drug-likeness (QED) is 0.889. The molecule has 2 fully saturated rings. The van der Waals surface area contributed by atoms with Crippen molar-refractivity contribution in [2.24, 2.45) is 0 Å². The molecule has 2 aromatic rings. The molecule has 2 aliphatic heterocycles. The van der Waals surface area contributed by atoms with E-state index in [4.69, 9.17) is 22.1 Å². The van der Waals surface area contributed by atoms with Gasteiger partial charge in [-0.2, -0.15) is 0 Å². The van der Waals surface area contributed by atoms with Crippen molar-refractivity contribution in [2.45, 2.75) is 37.6 Å². The largest absolute Gasteiger partial charge is 0.381 e. The molecule has 4 rings (SSSR count). The van der Waals surface area contributed by atoms with Gasteiger partial charge in [-0.25, -0.2) is 9.97 Å². The molecule has 1 atom stereocenters. The molecule has 1 aromatic carbocycles. The monoisotopic (exact) mass is 372 g/mol. The third-order valence-corrected chi connectivity index (χ3v) is 5.79. The van der Waals surface area contributed by atoms with Crippen LogP contribution in [-0.2, 0) is 4.74 Å². The fourth-order valence-electron chi connectivity index (χ4n) is 4.18. The highest BCUT2D eigenvalue weighted by molar-refractivity contribution is 6.30. The SMILES string of the molecule is Nc1ncc(-c2ccc(Cl)cc2)c(C2CCCN(C3CCOCC3)C2)n1. The minimum Gasteiger partial charge on any atom is -0.381 e. The Balaban J connectivity index is 1.61. The summed E-state index contributed by atoms with van der Waals surface area (Å²) in [5, 5.41) is 0.732. The van der Waals surface area contributed by atoms with Gasteiger partial charge in [-0.1, -0.05) is 23.7 Å². The minimum absolute atomic E-state index is 0.348. The van der Waals surface area contributed by atoms with E-state index in [0.29, 0.717) is 17.9 Å². The number of hydrogen-bond acceptors (Lipinski definition) is 5. The third-order valence-electron chi connectivity index (χ3n) is 5.54. The van der Waals surface area contributed by atoms with Crippen molar-refractivity contribution in [3.8, 4) is 11.1 Å². The van der Waals surface area contributed by atoms with Gasteiger partial charge < -0.3 is 10.5 Å². The van der Waals surface area contributed by atoms with Crippen molar-refractivity contribution in [3.63, 3.8) is 0 Å². The number of hydrogen-bond donors (Lipinski definition) is 1. The molecule has 26 heavy (non-hydrogen) atoms. The van der Waals surface area contributed by atoms with Gasteiger partial charge in [0.25, 0.3) is 0 Å². The number of nitrogen functional groups attached to an aromatic ring is 1. The van der Waals surface area contributed by atoms with Crippen LogP contribution in [0.15, 0.2) is 30.5 Å². The number of piperidine rings is 1. The van der Waals surface area contributed by atoms with Gasteiger partial charge in [0.05, 0.1) is 5.69 Å². The fourth-order valence-corrected chi connectivity index (χ4v) is 4.31. The lowest BCUT2D eigenvalue weighted by molar-refractivity contribution is 0.0238. The number of likely N-dealkylation sites (tertiary alicyclic amines) is 1. The lowest BCUT2D eigenvalue weighted by Gasteiger charge is -2.40. The molecule has 5 nitrogen and oxygen atoms in total. The molecule has 0 saturated carbocycles. The first-order valence-corrected chi connectivity index (χ1v) is 9.78. The molecular formula is C20H25ClN4O. The van der Waals surface area contributed by atoms with E-state index < -0.39 is 0 Å². The minimum atomic E-state index is 0.348. The summed E-state index contributed by atoms with van der Waals surface area (Å²) in [6, 6.07) is 8.50. The first-order chi connectivity index (χ1) is 12.7. The Morgan fingerprint density at radius 2 is 1.88 bits per heavy atom. The van der Waals surface area contributed by atoms with Crippen LogP contribution >= 0.6 is 11.6 Å². The summed E-state index contributed by atoms with van der Waals surface area (Å²) in [6.45, 7) is 3.95. The maximum atomic E-state index is 6.05. The molecule has 2 aliphatic rings. The van der Waals surface area contributed by atoms with Crippen LogP contribution in [0.4, 0.5) is 5.95 Å². The number of nitrogens with zero attached hydrogens (tertiary/aromatic N) is 3. The van der Waals surface area contributed by atoms with Crippen LogP contribution in [-0.4, -0.2) is 47.2 Å². The standard InChI is InChI=1S/C20H25ClN4O/c21-16-5-3-14(4-6-16)18-12-23-20(22)24-19(18)15-2-1-9-25(13-15)17-7-10-26-11-8-17/h3-6,12,15,17H,1-2,7-11,13H2,(H2,22,23,24). The maximum Gasteiger partial charge on any atom is 0.220 e. The zero-order chi connectivity index (χ0) is 17.9. The number of halogens is 1. The first-order valence-electron chi connectivity index (χ1n) is 9.41. The predicted molar refractivity (Wildman–Crippen MR) is 104 cm³/mol. The number of rotatable bonds is 3. The second-order valence-corrected chi connectivity index (χ2v) is 7.65. The Bertz CT molecular complexity index is 746. The fraction of sp³-hybridized carbons (Fsp3) is 0.500. The normalized spacial score (nSPS) is 22.4. The second kappa shape index (κ2) is 7.91. The van der Waals surface area contributed by atoms with Gasteiger partial charge in [-0.05, 0) is 49.9 Å². The maximum absolute atomic E-state index is 6.05. The highest BCUT2D eigenvalue weighted by Crippen LogP contribution is 2.35. The summed E-state index contributed by atoms with van der Waals surface area (Å²) in [4.78, 5) is 11.5.